The van der Waals surface area contributed by atoms with Crippen molar-refractivity contribution in [3.05, 3.63) is 93.0 Å². The average Bonchev–Trinajstić information content (AvgIpc) is 3.17. The molecule has 4 rings (SSSR count). The SMILES string of the molecule is COc1cc(/C(O)=C2\C(=O)C(=O)N(CCc3ccc(Cl)cc3)C2c2ccc(N(C)C)cc2)c(OC)cc1Cl. The first-order valence-corrected chi connectivity index (χ1v) is 12.6. The summed E-state index contributed by atoms with van der Waals surface area (Å²) in [6, 6.07) is 17.0. The van der Waals surface area contributed by atoms with Crippen LogP contribution in [-0.2, 0) is 16.0 Å². The number of ketones is 1. The predicted molar refractivity (Wildman–Crippen MR) is 149 cm³/mol. The fourth-order valence-electron chi connectivity index (χ4n) is 4.50. The molecule has 0 aliphatic carbocycles. The van der Waals surface area contributed by atoms with Crippen molar-refractivity contribution in [2.75, 3.05) is 39.8 Å². The molecule has 0 aromatic heterocycles. The van der Waals surface area contributed by atoms with Gasteiger partial charge >= 0.3 is 0 Å². The highest BCUT2D eigenvalue weighted by molar-refractivity contribution is 6.46. The zero-order valence-electron chi connectivity index (χ0n) is 21.5. The van der Waals surface area contributed by atoms with Gasteiger partial charge in [-0.3, -0.25) is 9.59 Å². The molecule has 1 heterocycles. The Kier molecular flexibility index (Phi) is 8.19. The second-order valence-corrected chi connectivity index (χ2v) is 9.89. The number of halogens is 2. The molecule has 0 radical (unpaired) electrons. The molecule has 9 heteroatoms. The van der Waals surface area contributed by atoms with Crippen LogP contribution in [0.3, 0.4) is 0 Å². The smallest absolute Gasteiger partial charge is 0.295 e. The van der Waals surface area contributed by atoms with Crippen LogP contribution < -0.4 is 14.4 Å². The van der Waals surface area contributed by atoms with E-state index in [1.54, 1.807) is 12.1 Å². The van der Waals surface area contributed by atoms with E-state index in [0.717, 1.165) is 11.3 Å². The molecule has 198 valence electrons. The standard InChI is InChI=1S/C29H28Cl2N2O5/c1-32(2)20-11-7-18(8-12-20)26-25(27(34)21-15-24(38-4)22(31)16-23(21)37-3)28(35)29(36)33(26)14-13-17-5-9-19(30)10-6-17/h5-12,15-16,26,34H,13-14H2,1-4H3/b27-25+. The molecule has 0 saturated carbocycles. The molecule has 7 nitrogen and oxygen atoms in total. The summed E-state index contributed by atoms with van der Waals surface area (Å²) in [6.45, 7) is 0.254. The number of methoxy groups -OCH3 is 2. The molecular formula is C29H28Cl2N2O5. The Morgan fingerprint density at radius 1 is 0.947 bits per heavy atom. The third-order valence-electron chi connectivity index (χ3n) is 6.55. The van der Waals surface area contributed by atoms with E-state index in [9.17, 15) is 14.7 Å². The Hall–Kier alpha value is -3.68. The molecule has 1 N–H and O–H groups in total. The molecular weight excluding hydrogens is 527 g/mol. The second kappa shape index (κ2) is 11.4. The van der Waals surface area contributed by atoms with Gasteiger partial charge in [0, 0.05) is 37.4 Å². The van der Waals surface area contributed by atoms with Gasteiger partial charge in [-0.25, -0.2) is 0 Å². The van der Waals surface area contributed by atoms with Crippen LogP contribution in [0.5, 0.6) is 11.5 Å². The van der Waals surface area contributed by atoms with Gasteiger partial charge in [-0.15, -0.1) is 0 Å². The van der Waals surface area contributed by atoms with Crippen LogP contribution in [0.4, 0.5) is 5.69 Å². The van der Waals surface area contributed by atoms with E-state index in [1.807, 2.05) is 55.4 Å². The van der Waals surface area contributed by atoms with Crippen LogP contribution in [0.2, 0.25) is 10.0 Å². The molecule has 1 saturated heterocycles. The number of amides is 1. The lowest BCUT2D eigenvalue weighted by Crippen LogP contribution is -2.31. The quantitative estimate of drug-likeness (QED) is 0.217. The molecule has 0 bridgehead atoms. The first kappa shape index (κ1) is 27.4. The van der Waals surface area contributed by atoms with Crippen LogP contribution in [-0.4, -0.2) is 56.6 Å². The maximum Gasteiger partial charge on any atom is 0.295 e. The number of ether oxygens (including phenoxy) is 2. The molecule has 1 aliphatic heterocycles. The third-order valence-corrected chi connectivity index (χ3v) is 7.10. The molecule has 1 atom stereocenters. The van der Waals surface area contributed by atoms with Gasteiger partial charge < -0.3 is 24.4 Å². The van der Waals surface area contributed by atoms with Crippen LogP contribution in [0.1, 0.15) is 22.7 Å². The molecule has 1 aliphatic rings. The van der Waals surface area contributed by atoms with E-state index >= 15 is 0 Å². The van der Waals surface area contributed by atoms with Crippen LogP contribution >= 0.6 is 23.2 Å². The van der Waals surface area contributed by atoms with E-state index in [-0.39, 0.29) is 40.0 Å². The summed E-state index contributed by atoms with van der Waals surface area (Å²) < 4.78 is 10.7. The first-order valence-electron chi connectivity index (χ1n) is 11.9. The van der Waals surface area contributed by atoms with Crippen molar-refractivity contribution >= 4 is 46.3 Å². The summed E-state index contributed by atoms with van der Waals surface area (Å²) in [5, 5.41) is 12.4. The topological polar surface area (TPSA) is 79.3 Å². The van der Waals surface area contributed by atoms with Gasteiger partial charge in [-0.2, -0.15) is 0 Å². The monoisotopic (exact) mass is 554 g/mol. The Morgan fingerprint density at radius 2 is 1.58 bits per heavy atom. The summed E-state index contributed by atoms with van der Waals surface area (Å²) in [6.07, 6.45) is 0.495. The molecule has 1 amide bonds. The van der Waals surface area contributed by atoms with Gasteiger partial charge in [0.2, 0.25) is 0 Å². The van der Waals surface area contributed by atoms with Gasteiger partial charge in [0.1, 0.15) is 17.3 Å². The maximum atomic E-state index is 13.4. The molecule has 0 spiro atoms. The van der Waals surface area contributed by atoms with Crippen molar-refractivity contribution in [3.8, 4) is 11.5 Å². The number of rotatable bonds is 8. The highest BCUT2D eigenvalue weighted by Gasteiger charge is 2.46. The van der Waals surface area contributed by atoms with E-state index < -0.39 is 17.7 Å². The number of nitrogens with zero attached hydrogens (tertiary/aromatic N) is 2. The van der Waals surface area contributed by atoms with Crippen LogP contribution in [0, 0.1) is 0 Å². The Morgan fingerprint density at radius 3 is 2.16 bits per heavy atom. The minimum absolute atomic E-state index is 0.0358. The van der Waals surface area contributed by atoms with E-state index in [2.05, 4.69) is 0 Å². The van der Waals surface area contributed by atoms with Gasteiger partial charge in [0.15, 0.2) is 0 Å². The lowest BCUT2D eigenvalue weighted by molar-refractivity contribution is -0.139. The summed E-state index contributed by atoms with van der Waals surface area (Å²) in [5.41, 5.74) is 2.76. The second-order valence-electron chi connectivity index (χ2n) is 9.04. The van der Waals surface area contributed by atoms with Gasteiger partial charge in [0.25, 0.3) is 11.7 Å². The minimum atomic E-state index is -0.815. The van der Waals surface area contributed by atoms with Crippen molar-refractivity contribution in [1.82, 2.24) is 4.90 Å². The number of carbonyl (C=O) groups excluding carboxylic acids is 2. The predicted octanol–water partition coefficient (Wildman–Crippen LogP) is 5.74. The fraction of sp³-hybridized carbons (Fsp3) is 0.241. The summed E-state index contributed by atoms with van der Waals surface area (Å²) in [7, 11) is 6.72. The Balaban J connectivity index is 1.84. The van der Waals surface area contributed by atoms with Crippen molar-refractivity contribution in [1.29, 1.82) is 0 Å². The van der Waals surface area contributed by atoms with E-state index in [0.29, 0.717) is 17.0 Å². The lowest BCUT2D eigenvalue weighted by Gasteiger charge is -2.26. The van der Waals surface area contributed by atoms with Gasteiger partial charge in [0.05, 0.1) is 36.4 Å². The third kappa shape index (κ3) is 5.30. The molecule has 1 unspecified atom stereocenters. The largest absolute Gasteiger partial charge is 0.507 e. The zero-order valence-corrected chi connectivity index (χ0v) is 23.0. The van der Waals surface area contributed by atoms with Crippen molar-refractivity contribution in [2.24, 2.45) is 0 Å². The average molecular weight is 555 g/mol. The number of hydrogen-bond donors (Lipinski definition) is 1. The first-order chi connectivity index (χ1) is 18.2. The summed E-state index contributed by atoms with van der Waals surface area (Å²) >= 11 is 12.3. The van der Waals surface area contributed by atoms with E-state index in [1.165, 1.54) is 31.3 Å². The van der Waals surface area contributed by atoms with Crippen LogP contribution in [0.15, 0.2) is 66.2 Å². The highest BCUT2D eigenvalue weighted by atomic mass is 35.5. The van der Waals surface area contributed by atoms with Crippen molar-refractivity contribution in [2.45, 2.75) is 12.5 Å². The number of aliphatic hydroxyl groups is 1. The van der Waals surface area contributed by atoms with Crippen molar-refractivity contribution in [3.63, 3.8) is 0 Å². The molecule has 3 aromatic carbocycles. The number of hydrogen-bond acceptors (Lipinski definition) is 6. The number of carbonyl (C=O) groups is 2. The van der Waals surface area contributed by atoms with Crippen molar-refractivity contribution < 1.29 is 24.2 Å². The number of Topliss-reactive ketones (excluding diaryl/α,β-unsaturated/α-hetero) is 1. The number of benzene rings is 3. The Bertz CT molecular complexity index is 1390. The molecule has 1 fully saturated rings. The number of aliphatic hydroxyl groups excluding tert-OH is 1. The van der Waals surface area contributed by atoms with E-state index in [4.69, 9.17) is 32.7 Å². The number of likely N-dealkylation sites (tertiary alicyclic amines) is 1. The van der Waals surface area contributed by atoms with Crippen LogP contribution in [0.25, 0.3) is 5.76 Å². The highest BCUT2D eigenvalue weighted by Crippen LogP contribution is 2.43. The van der Waals surface area contributed by atoms with Gasteiger partial charge in [-0.1, -0.05) is 47.5 Å². The van der Waals surface area contributed by atoms with Gasteiger partial charge in [-0.05, 0) is 47.9 Å². The molecule has 3 aromatic rings. The minimum Gasteiger partial charge on any atom is -0.507 e. The zero-order chi connectivity index (χ0) is 27.6. The summed E-state index contributed by atoms with van der Waals surface area (Å²) in [5.74, 6) is -1.32. The molecule has 38 heavy (non-hydrogen) atoms. The normalized spacial score (nSPS) is 16.6. The summed E-state index contributed by atoms with van der Waals surface area (Å²) in [4.78, 5) is 30.2. The Labute approximate surface area is 231 Å². The fourth-order valence-corrected chi connectivity index (χ4v) is 4.86. The lowest BCUT2D eigenvalue weighted by atomic mass is 9.94. The number of anilines is 1. The maximum absolute atomic E-state index is 13.4.